The maximum Gasteiger partial charge on any atom is 0.192 e. The molecular weight excluding hydrogens is 410 g/mol. The minimum Gasteiger partial charge on any atom is -0.414 e. The van der Waals surface area contributed by atoms with Crippen LogP contribution in [0.25, 0.3) is 0 Å². The number of nitriles is 1. The van der Waals surface area contributed by atoms with Gasteiger partial charge in [0.25, 0.3) is 0 Å². The summed E-state index contributed by atoms with van der Waals surface area (Å²) < 4.78 is 6.85. The van der Waals surface area contributed by atoms with Crippen molar-refractivity contribution in [1.29, 1.82) is 5.26 Å². The van der Waals surface area contributed by atoms with Crippen LogP contribution in [-0.2, 0) is 9.22 Å². The van der Waals surface area contributed by atoms with Gasteiger partial charge < -0.3 is 4.43 Å². The Hall–Kier alpha value is -0.923. The molecule has 4 aliphatic carbocycles. The van der Waals surface area contributed by atoms with Crippen LogP contribution in [0, 0.1) is 51.8 Å². The Morgan fingerprint density at radius 3 is 2.47 bits per heavy atom. The van der Waals surface area contributed by atoms with Crippen molar-refractivity contribution in [2.45, 2.75) is 111 Å². The van der Waals surface area contributed by atoms with Gasteiger partial charge in [-0.3, -0.25) is 4.79 Å². The first-order valence-corrected chi connectivity index (χ1v) is 15.9. The van der Waals surface area contributed by atoms with E-state index in [4.69, 9.17) is 4.43 Å². The summed E-state index contributed by atoms with van der Waals surface area (Å²) >= 11 is 0. The third-order valence-corrected chi connectivity index (χ3v) is 15.5. The fraction of sp³-hybridized carbons (Fsp3) is 0.857. The van der Waals surface area contributed by atoms with Gasteiger partial charge in [-0.25, -0.2) is 0 Å². The summed E-state index contributed by atoms with van der Waals surface area (Å²) in [5.41, 5.74) is 1.92. The quantitative estimate of drug-likeness (QED) is 0.331. The van der Waals surface area contributed by atoms with E-state index in [1.54, 1.807) is 5.57 Å². The molecule has 0 aromatic carbocycles. The number of nitrogens with zero attached hydrogens (tertiary/aromatic N) is 1. The van der Waals surface area contributed by atoms with E-state index in [0.717, 1.165) is 19.3 Å². The van der Waals surface area contributed by atoms with E-state index < -0.39 is 8.32 Å². The molecule has 0 aliphatic heterocycles. The minimum absolute atomic E-state index is 0.0117. The van der Waals surface area contributed by atoms with Gasteiger partial charge in [-0.15, -0.1) is 0 Å². The number of ketones is 1. The van der Waals surface area contributed by atoms with Crippen molar-refractivity contribution in [3.05, 3.63) is 11.6 Å². The monoisotopic (exact) mass is 455 g/mol. The minimum atomic E-state index is -1.76. The van der Waals surface area contributed by atoms with Gasteiger partial charge in [0.05, 0.1) is 12.0 Å². The Morgan fingerprint density at radius 2 is 1.84 bits per heavy atom. The van der Waals surface area contributed by atoms with Crippen LogP contribution in [0.15, 0.2) is 11.6 Å². The van der Waals surface area contributed by atoms with Crippen LogP contribution in [0.1, 0.15) is 86.5 Å². The molecule has 0 spiro atoms. The molecule has 0 N–H and O–H groups in total. The van der Waals surface area contributed by atoms with E-state index in [2.05, 4.69) is 59.9 Å². The Bertz CT molecular complexity index is 848. The predicted molar refractivity (Wildman–Crippen MR) is 132 cm³/mol. The number of rotatable bonds is 3. The lowest BCUT2D eigenvalue weighted by molar-refractivity contribution is -0.123. The standard InChI is InChI=1S/C28H45NO2Si/c1-18(17-29)25-24(30)16-23-21-10-9-19-15-20(31-32(7,8)26(2,3)4)11-13-27(19,5)22(21)12-14-28(23,25)6/h9,18,20-23,25H,10-16H2,1-8H3/t18-,20+,21-,22+,23+,25+,27+,28+/m1/s1. The van der Waals surface area contributed by atoms with Crippen LogP contribution in [0.4, 0.5) is 0 Å². The summed E-state index contributed by atoms with van der Waals surface area (Å²) in [7, 11) is -1.76. The number of carbonyl (C=O) groups excluding carboxylic acids is 1. The molecule has 0 saturated heterocycles. The molecule has 8 atom stereocenters. The lowest BCUT2D eigenvalue weighted by atomic mass is 9.47. The zero-order valence-corrected chi connectivity index (χ0v) is 22.8. The zero-order chi connectivity index (χ0) is 23.7. The highest BCUT2D eigenvalue weighted by molar-refractivity contribution is 6.74. The Kier molecular flexibility index (Phi) is 5.91. The Balaban J connectivity index is 1.56. The summed E-state index contributed by atoms with van der Waals surface area (Å²) in [5, 5.41) is 9.83. The molecule has 0 bridgehead atoms. The number of fused-ring (bicyclic) bond motifs is 5. The maximum absolute atomic E-state index is 13.1. The number of carbonyl (C=O) groups is 1. The molecule has 4 heteroatoms. The molecule has 4 rings (SSSR count). The van der Waals surface area contributed by atoms with Gasteiger partial charge in [-0.1, -0.05) is 46.3 Å². The number of hydrogen-bond acceptors (Lipinski definition) is 3. The number of Topliss-reactive ketones (excluding diaryl/α,β-unsaturated/α-hetero) is 1. The topological polar surface area (TPSA) is 50.1 Å². The van der Waals surface area contributed by atoms with Crippen molar-refractivity contribution in [3.63, 3.8) is 0 Å². The van der Waals surface area contributed by atoms with Crippen molar-refractivity contribution < 1.29 is 9.22 Å². The SMILES string of the molecule is C[C@H](C#N)[C@H]1C(=O)C[C@H]2[C@@H]3CC=C4C[C@@H](O[Si](C)(C)C(C)(C)C)CC[C@]4(C)[C@H]3CC[C@]12C. The predicted octanol–water partition coefficient (Wildman–Crippen LogP) is 7.29. The van der Waals surface area contributed by atoms with Gasteiger partial charge in [-0.05, 0) is 92.2 Å². The second-order valence-corrected chi connectivity index (χ2v) is 18.4. The van der Waals surface area contributed by atoms with Crippen LogP contribution in [0.5, 0.6) is 0 Å². The van der Waals surface area contributed by atoms with E-state index in [9.17, 15) is 10.1 Å². The fourth-order valence-electron chi connectivity index (χ4n) is 8.08. The lowest BCUT2D eigenvalue weighted by Gasteiger charge is -2.58. The lowest BCUT2D eigenvalue weighted by Crippen LogP contribution is -2.52. The molecule has 0 amide bonds. The van der Waals surface area contributed by atoms with Gasteiger partial charge in [0.2, 0.25) is 0 Å². The molecule has 0 aromatic rings. The Morgan fingerprint density at radius 1 is 1.16 bits per heavy atom. The highest BCUT2D eigenvalue weighted by Gasteiger charge is 2.62. The van der Waals surface area contributed by atoms with Crippen molar-refractivity contribution in [2.24, 2.45) is 40.4 Å². The van der Waals surface area contributed by atoms with E-state index in [1.165, 1.54) is 19.3 Å². The van der Waals surface area contributed by atoms with Gasteiger partial charge in [0.1, 0.15) is 5.78 Å². The molecule has 3 fully saturated rings. The molecule has 0 unspecified atom stereocenters. The summed E-state index contributed by atoms with van der Waals surface area (Å²) in [5.74, 6) is 1.86. The molecule has 3 nitrogen and oxygen atoms in total. The first kappa shape index (κ1) is 24.2. The molecular formula is C28H45NO2Si. The summed E-state index contributed by atoms with van der Waals surface area (Å²) in [6.07, 6.45) is 10.5. The fourth-order valence-corrected chi connectivity index (χ4v) is 9.46. The molecule has 0 radical (unpaired) electrons. The van der Waals surface area contributed by atoms with Crippen molar-refractivity contribution in [1.82, 2.24) is 0 Å². The van der Waals surface area contributed by atoms with Crippen LogP contribution >= 0.6 is 0 Å². The van der Waals surface area contributed by atoms with Gasteiger partial charge >= 0.3 is 0 Å². The van der Waals surface area contributed by atoms with Crippen molar-refractivity contribution in [2.75, 3.05) is 0 Å². The first-order valence-electron chi connectivity index (χ1n) is 13.0. The Labute approximate surface area is 197 Å². The number of allylic oxidation sites excluding steroid dienone is 1. The second-order valence-electron chi connectivity index (χ2n) is 13.6. The zero-order valence-electron chi connectivity index (χ0n) is 21.8. The van der Waals surface area contributed by atoms with Gasteiger partial charge in [-0.2, -0.15) is 5.26 Å². The number of hydrogen-bond donors (Lipinski definition) is 0. The van der Waals surface area contributed by atoms with Crippen LogP contribution in [0.3, 0.4) is 0 Å². The molecule has 4 aliphatic rings. The average molecular weight is 456 g/mol. The molecule has 32 heavy (non-hydrogen) atoms. The van der Waals surface area contributed by atoms with E-state index in [-0.39, 0.29) is 27.7 Å². The highest BCUT2D eigenvalue weighted by Crippen LogP contribution is 2.66. The summed E-state index contributed by atoms with van der Waals surface area (Å²) in [6, 6.07) is 2.41. The summed E-state index contributed by atoms with van der Waals surface area (Å²) in [4.78, 5) is 13.1. The normalized spacial score (nSPS) is 42.9. The van der Waals surface area contributed by atoms with E-state index >= 15 is 0 Å². The van der Waals surface area contributed by atoms with Gasteiger partial charge in [0, 0.05) is 18.4 Å². The summed E-state index contributed by atoms with van der Waals surface area (Å²) in [6.45, 7) is 18.6. The molecule has 0 aromatic heterocycles. The van der Waals surface area contributed by atoms with Crippen molar-refractivity contribution >= 4 is 14.1 Å². The van der Waals surface area contributed by atoms with Crippen molar-refractivity contribution in [3.8, 4) is 6.07 Å². The van der Waals surface area contributed by atoms with Gasteiger partial charge in [0.15, 0.2) is 8.32 Å². The van der Waals surface area contributed by atoms with E-state index in [0.29, 0.717) is 36.1 Å². The smallest absolute Gasteiger partial charge is 0.192 e. The second kappa shape index (κ2) is 7.81. The largest absolute Gasteiger partial charge is 0.414 e. The van der Waals surface area contributed by atoms with Crippen LogP contribution < -0.4 is 0 Å². The third-order valence-electron chi connectivity index (χ3n) is 10.9. The highest BCUT2D eigenvalue weighted by atomic mass is 28.4. The van der Waals surface area contributed by atoms with E-state index in [1.807, 2.05) is 6.92 Å². The average Bonchev–Trinajstić information content (AvgIpc) is 2.96. The molecule has 178 valence electrons. The van der Waals surface area contributed by atoms with Crippen LogP contribution in [0.2, 0.25) is 18.1 Å². The molecule has 3 saturated carbocycles. The maximum atomic E-state index is 13.1. The third kappa shape index (κ3) is 3.57. The first-order chi connectivity index (χ1) is 14.7. The van der Waals surface area contributed by atoms with Crippen LogP contribution in [-0.4, -0.2) is 20.2 Å². The molecule has 0 heterocycles.